The predicted molar refractivity (Wildman–Crippen MR) is 76.8 cm³/mol. The molecule has 0 amide bonds. The van der Waals surface area contributed by atoms with Gasteiger partial charge in [0.05, 0.1) is 12.8 Å². The third kappa shape index (κ3) is 1.80. The van der Waals surface area contributed by atoms with Crippen LogP contribution < -0.4 is 5.73 Å². The van der Waals surface area contributed by atoms with E-state index in [0.29, 0.717) is 0 Å². The summed E-state index contributed by atoms with van der Waals surface area (Å²) in [6.07, 6.45) is 1.53. The summed E-state index contributed by atoms with van der Waals surface area (Å²) in [7, 11) is 1.30. The van der Waals surface area contributed by atoms with Gasteiger partial charge in [-0.2, -0.15) is 0 Å². The van der Waals surface area contributed by atoms with Gasteiger partial charge in [0.25, 0.3) is 0 Å². The zero-order valence-electron chi connectivity index (χ0n) is 10.9. The average molecular weight is 267 g/mol. The minimum absolute atomic E-state index is 0.125. The van der Waals surface area contributed by atoms with Crippen molar-refractivity contribution in [2.24, 2.45) is 0 Å². The molecule has 3 rings (SSSR count). The number of benzene rings is 2. The van der Waals surface area contributed by atoms with Crippen LogP contribution in [0.2, 0.25) is 0 Å². The topological polar surface area (TPSA) is 70.1 Å². The summed E-state index contributed by atoms with van der Waals surface area (Å²) in [6, 6.07) is 13.8. The van der Waals surface area contributed by atoms with Crippen molar-refractivity contribution in [2.75, 3.05) is 12.8 Å². The molecule has 20 heavy (non-hydrogen) atoms. The molecule has 0 aliphatic carbocycles. The number of rotatable bonds is 2. The summed E-state index contributed by atoms with van der Waals surface area (Å²) in [5, 5.41) is 2.13. The van der Waals surface area contributed by atoms with Gasteiger partial charge in [-0.15, -0.1) is 0 Å². The van der Waals surface area contributed by atoms with Crippen molar-refractivity contribution in [3.05, 3.63) is 54.5 Å². The van der Waals surface area contributed by atoms with Gasteiger partial charge in [0.15, 0.2) is 5.69 Å². The van der Waals surface area contributed by atoms with Crippen molar-refractivity contribution in [3.8, 4) is 5.69 Å². The Kier molecular flexibility index (Phi) is 2.87. The molecule has 0 atom stereocenters. The Morgan fingerprint density at radius 1 is 1.20 bits per heavy atom. The van der Waals surface area contributed by atoms with Crippen LogP contribution in [0.4, 0.5) is 5.82 Å². The van der Waals surface area contributed by atoms with Gasteiger partial charge in [0.1, 0.15) is 12.1 Å². The second-order valence-corrected chi connectivity index (χ2v) is 4.34. The third-order valence-electron chi connectivity index (χ3n) is 3.21. The molecule has 1 heterocycles. The number of aromatic nitrogens is 2. The van der Waals surface area contributed by atoms with E-state index < -0.39 is 5.97 Å². The maximum atomic E-state index is 11.6. The fourth-order valence-electron chi connectivity index (χ4n) is 2.22. The number of fused-ring (bicyclic) bond motifs is 1. The summed E-state index contributed by atoms with van der Waals surface area (Å²) >= 11 is 0. The molecule has 1 aromatic heterocycles. The highest BCUT2D eigenvalue weighted by Crippen LogP contribution is 2.25. The minimum Gasteiger partial charge on any atom is -0.464 e. The maximum Gasteiger partial charge on any atom is 0.360 e. The highest BCUT2D eigenvalue weighted by atomic mass is 16.5. The number of nitrogens with zero attached hydrogens (tertiary/aromatic N) is 2. The standard InChI is InChI=1S/C15H13N3O2/c1-20-15(19)13-14(16)18(9-17-13)12-8-4-6-10-5-2-3-7-11(10)12/h2-9H,16H2,1H3. The summed E-state index contributed by atoms with van der Waals surface area (Å²) < 4.78 is 6.35. The van der Waals surface area contributed by atoms with Gasteiger partial charge < -0.3 is 10.5 Å². The first-order chi connectivity index (χ1) is 9.72. The van der Waals surface area contributed by atoms with Crippen LogP contribution in [0.15, 0.2) is 48.8 Å². The number of ether oxygens (including phenoxy) is 1. The van der Waals surface area contributed by atoms with Crippen molar-refractivity contribution in [3.63, 3.8) is 0 Å². The van der Waals surface area contributed by atoms with Crippen LogP contribution >= 0.6 is 0 Å². The van der Waals surface area contributed by atoms with E-state index in [-0.39, 0.29) is 11.5 Å². The Bertz CT molecular complexity index is 787. The number of carbonyl (C=O) groups excluding carboxylic acids is 1. The first-order valence-corrected chi connectivity index (χ1v) is 6.11. The van der Waals surface area contributed by atoms with Gasteiger partial charge in [-0.05, 0) is 11.5 Å². The molecule has 0 saturated heterocycles. The molecule has 0 radical (unpaired) electrons. The average Bonchev–Trinajstić information content (AvgIpc) is 2.87. The molecule has 0 aliphatic heterocycles. The van der Waals surface area contributed by atoms with Gasteiger partial charge >= 0.3 is 5.97 Å². The molecular weight excluding hydrogens is 254 g/mol. The third-order valence-corrected chi connectivity index (χ3v) is 3.21. The summed E-state index contributed by atoms with van der Waals surface area (Å²) in [6.45, 7) is 0. The van der Waals surface area contributed by atoms with E-state index in [0.717, 1.165) is 16.5 Å². The number of hydrogen-bond acceptors (Lipinski definition) is 4. The van der Waals surface area contributed by atoms with Crippen LogP contribution in [0.5, 0.6) is 0 Å². The lowest BCUT2D eigenvalue weighted by molar-refractivity contribution is 0.0596. The van der Waals surface area contributed by atoms with Crippen LogP contribution in [0.1, 0.15) is 10.5 Å². The second-order valence-electron chi connectivity index (χ2n) is 4.34. The van der Waals surface area contributed by atoms with E-state index in [1.54, 1.807) is 4.57 Å². The second kappa shape index (κ2) is 4.70. The lowest BCUT2D eigenvalue weighted by atomic mass is 10.1. The molecule has 2 aromatic carbocycles. The number of carbonyl (C=O) groups is 1. The zero-order valence-corrected chi connectivity index (χ0v) is 10.9. The molecular formula is C15H13N3O2. The van der Waals surface area contributed by atoms with E-state index in [9.17, 15) is 4.79 Å². The van der Waals surface area contributed by atoms with Gasteiger partial charge in [0.2, 0.25) is 0 Å². The molecule has 100 valence electrons. The molecule has 0 bridgehead atoms. The minimum atomic E-state index is -0.540. The fourth-order valence-corrected chi connectivity index (χ4v) is 2.22. The Labute approximate surface area is 115 Å². The number of hydrogen-bond donors (Lipinski definition) is 1. The Balaban J connectivity index is 2.22. The number of imidazole rings is 1. The first-order valence-electron chi connectivity index (χ1n) is 6.11. The van der Waals surface area contributed by atoms with Crippen molar-refractivity contribution in [1.29, 1.82) is 0 Å². The van der Waals surface area contributed by atoms with Gasteiger partial charge in [-0.25, -0.2) is 9.78 Å². The Hall–Kier alpha value is -2.82. The monoisotopic (exact) mass is 267 g/mol. The van der Waals surface area contributed by atoms with E-state index >= 15 is 0 Å². The van der Waals surface area contributed by atoms with Gasteiger partial charge in [-0.3, -0.25) is 4.57 Å². The molecule has 0 unspecified atom stereocenters. The Morgan fingerprint density at radius 3 is 2.75 bits per heavy atom. The van der Waals surface area contributed by atoms with E-state index in [2.05, 4.69) is 9.72 Å². The number of nitrogens with two attached hydrogens (primary N) is 1. The smallest absolute Gasteiger partial charge is 0.360 e. The van der Waals surface area contributed by atoms with Crippen LogP contribution in [0.3, 0.4) is 0 Å². The zero-order chi connectivity index (χ0) is 14.1. The molecule has 3 aromatic rings. The lowest BCUT2D eigenvalue weighted by Gasteiger charge is -2.09. The highest BCUT2D eigenvalue weighted by Gasteiger charge is 2.17. The molecule has 0 aliphatic rings. The number of anilines is 1. The van der Waals surface area contributed by atoms with Crippen molar-refractivity contribution >= 4 is 22.6 Å². The van der Waals surface area contributed by atoms with Crippen LogP contribution in [0, 0.1) is 0 Å². The predicted octanol–water partition coefficient (Wildman–Crippen LogP) is 2.39. The fraction of sp³-hybridized carbons (Fsp3) is 0.0667. The SMILES string of the molecule is COC(=O)c1ncn(-c2cccc3ccccc23)c1N. The van der Waals surface area contributed by atoms with E-state index in [1.165, 1.54) is 13.4 Å². The highest BCUT2D eigenvalue weighted by molar-refractivity contribution is 5.94. The normalized spacial score (nSPS) is 10.7. The van der Waals surface area contributed by atoms with Crippen LogP contribution in [-0.2, 0) is 4.74 Å². The van der Waals surface area contributed by atoms with Crippen molar-refractivity contribution in [1.82, 2.24) is 9.55 Å². The quantitative estimate of drug-likeness (QED) is 0.724. The van der Waals surface area contributed by atoms with Crippen molar-refractivity contribution in [2.45, 2.75) is 0 Å². The largest absolute Gasteiger partial charge is 0.464 e. The molecule has 0 saturated carbocycles. The van der Waals surface area contributed by atoms with Gasteiger partial charge in [-0.1, -0.05) is 36.4 Å². The molecule has 0 fully saturated rings. The molecule has 5 heteroatoms. The maximum absolute atomic E-state index is 11.6. The summed E-state index contributed by atoms with van der Waals surface area (Å²) in [5.74, 6) is -0.269. The van der Waals surface area contributed by atoms with Crippen LogP contribution in [-0.4, -0.2) is 22.6 Å². The number of nitrogen functional groups attached to an aromatic ring is 1. The molecule has 0 spiro atoms. The first kappa shape index (κ1) is 12.2. The summed E-state index contributed by atoms with van der Waals surface area (Å²) in [4.78, 5) is 15.6. The number of esters is 1. The number of methoxy groups -OCH3 is 1. The van der Waals surface area contributed by atoms with Gasteiger partial charge in [0, 0.05) is 5.39 Å². The molecule has 2 N–H and O–H groups in total. The van der Waals surface area contributed by atoms with Crippen molar-refractivity contribution < 1.29 is 9.53 Å². The van der Waals surface area contributed by atoms with E-state index in [1.807, 2.05) is 42.5 Å². The summed E-state index contributed by atoms with van der Waals surface area (Å²) in [5.41, 5.74) is 7.01. The lowest BCUT2D eigenvalue weighted by Crippen LogP contribution is -2.07. The molecule has 5 nitrogen and oxygen atoms in total. The Morgan fingerprint density at radius 2 is 1.95 bits per heavy atom. The van der Waals surface area contributed by atoms with E-state index in [4.69, 9.17) is 5.73 Å². The van der Waals surface area contributed by atoms with Crippen LogP contribution in [0.25, 0.3) is 16.5 Å².